The molecule has 0 aliphatic rings. The lowest BCUT2D eigenvalue weighted by atomic mass is 10.3. The largest absolute Gasteiger partial charge is 0.497 e. The van der Waals surface area contributed by atoms with Crippen LogP contribution in [0.1, 0.15) is 0 Å². The Bertz CT molecular complexity index is 718. The van der Waals surface area contributed by atoms with Gasteiger partial charge in [-0.05, 0) is 12.1 Å². The van der Waals surface area contributed by atoms with Gasteiger partial charge in [-0.1, -0.05) is 6.07 Å². The van der Waals surface area contributed by atoms with Gasteiger partial charge in [0.2, 0.25) is 5.95 Å². The summed E-state index contributed by atoms with van der Waals surface area (Å²) in [7, 11) is -0.800. The molecule has 0 atom stereocenters. The van der Waals surface area contributed by atoms with E-state index in [0.29, 0.717) is 11.4 Å². The number of nitrogen functional groups attached to an aromatic ring is 1. The van der Waals surface area contributed by atoms with Gasteiger partial charge < -0.3 is 4.74 Å². The summed E-state index contributed by atoms with van der Waals surface area (Å²) < 4.78 is 31.2. The number of hydrogen-bond acceptors (Lipinski definition) is 7. The molecule has 0 bridgehead atoms. The van der Waals surface area contributed by atoms with Crippen LogP contribution >= 0.6 is 0 Å². The van der Waals surface area contributed by atoms with Crippen LogP contribution in [0.25, 0.3) is 0 Å². The zero-order valence-corrected chi connectivity index (χ0v) is 12.3. The molecule has 9 heteroatoms. The number of hydrazine groups is 1. The molecule has 112 valence electrons. The first-order chi connectivity index (χ1) is 9.98. The van der Waals surface area contributed by atoms with Gasteiger partial charge in [0.05, 0.1) is 25.2 Å². The summed E-state index contributed by atoms with van der Waals surface area (Å²) in [6.07, 6.45) is 2.38. The average molecular weight is 309 g/mol. The predicted octanol–water partition coefficient (Wildman–Crippen LogP) is 0.596. The number of ether oxygens (including phenoxy) is 1. The van der Waals surface area contributed by atoms with Gasteiger partial charge in [0.1, 0.15) is 10.6 Å². The van der Waals surface area contributed by atoms with Gasteiger partial charge in [-0.2, -0.15) is 0 Å². The van der Waals surface area contributed by atoms with E-state index in [4.69, 9.17) is 10.6 Å². The van der Waals surface area contributed by atoms with Crippen molar-refractivity contribution in [1.82, 2.24) is 9.97 Å². The first-order valence-electron chi connectivity index (χ1n) is 5.90. The molecule has 3 N–H and O–H groups in total. The van der Waals surface area contributed by atoms with Crippen LogP contribution in [0.4, 0.5) is 11.6 Å². The Kier molecular flexibility index (Phi) is 4.24. The van der Waals surface area contributed by atoms with Crippen molar-refractivity contribution in [3.05, 3.63) is 36.7 Å². The summed E-state index contributed by atoms with van der Waals surface area (Å²) in [4.78, 5) is 7.56. The Hall–Kier alpha value is -2.39. The minimum absolute atomic E-state index is 0.0354. The van der Waals surface area contributed by atoms with Crippen molar-refractivity contribution < 1.29 is 13.2 Å². The Morgan fingerprint density at radius 3 is 2.52 bits per heavy atom. The van der Waals surface area contributed by atoms with Crippen LogP contribution in [0.15, 0.2) is 41.6 Å². The van der Waals surface area contributed by atoms with Crippen molar-refractivity contribution in [1.29, 1.82) is 0 Å². The van der Waals surface area contributed by atoms with Crippen LogP contribution in [0.5, 0.6) is 5.75 Å². The summed E-state index contributed by atoms with van der Waals surface area (Å²) in [6, 6.07) is 6.72. The van der Waals surface area contributed by atoms with E-state index in [2.05, 4.69) is 15.4 Å². The molecule has 0 radical (unpaired) electrons. The molecule has 21 heavy (non-hydrogen) atoms. The number of aromatic nitrogens is 2. The van der Waals surface area contributed by atoms with Crippen molar-refractivity contribution in [3.8, 4) is 5.75 Å². The van der Waals surface area contributed by atoms with E-state index in [1.54, 1.807) is 24.3 Å². The number of rotatable bonds is 5. The van der Waals surface area contributed by atoms with E-state index in [9.17, 15) is 8.42 Å². The molecule has 0 unspecified atom stereocenters. The molecule has 0 saturated carbocycles. The van der Waals surface area contributed by atoms with E-state index in [1.165, 1.54) is 26.6 Å². The van der Waals surface area contributed by atoms with Crippen molar-refractivity contribution in [2.75, 3.05) is 23.9 Å². The third kappa shape index (κ3) is 3.03. The van der Waals surface area contributed by atoms with E-state index in [1.807, 2.05) is 0 Å². The van der Waals surface area contributed by atoms with Gasteiger partial charge >= 0.3 is 0 Å². The lowest BCUT2D eigenvalue weighted by Crippen LogP contribution is -2.27. The van der Waals surface area contributed by atoms with Crippen LogP contribution in [0.2, 0.25) is 0 Å². The van der Waals surface area contributed by atoms with Crippen molar-refractivity contribution in [2.24, 2.45) is 5.84 Å². The number of nitrogens with one attached hydrogen (secondary N) is 1. The highest BCUT2D eigenvalue weighted by Gasteiger charge is 2.22. The fourth-order valence-electron chi connectivity index (χ4n) is 1.63. The van der Waals surface area contributed by atoms with Crippen molar-refractivity contribution >= 4 is 21.7 Å². The molecule has 0 aliphatic heterocycles. The predicted molar refractivity (Wildman–Crippen MR) is 78.4 cm³/mol. The Morgan fingerprint density at radius 2 is 1.95 bits per heavy atom. The van der Waals surface area contributed by atoms with Crippen molar-refractivity contribution in [2.45, 2.75) is 4.90 Å². The second kappa shape index (κ2) is 5.94. The molecule has 1 aromatic heterocycles. The zero-order chi connectivity index (χ0) is 15.5. The van der Waals surface area contributed by atoms with Gasteiger partial charge in [-0.25, -0.2) is 24.2 Å². The maximum atomic E-state index is 12.5. The highest BCUT2D eigenvalue weighted by molar-refractivity contribution is 7.92. The lowest BCUT2D eigenvalue weighted by Gasteiger charge is -2.19. The molecule has 0 amide bonds. The van der Waals surface area contributed by atoms with E-state index in [0.717, 1.165) is 4.31 Å². The minimum atomic E-state index is -3.76. The Morgan fingerprint density at radius 1 is 1.29 bits per heavy atom. The number of sulfonamides is 1. The van der Waals surface area contributed by atoms with Gasteiger partial charge in [-0.3, -0.25) is 9.73 Å². The molecule has 0 saturated heterocycles. The fraction of sp³-hybridized carbons (Fsp3) is 0.167. The maximum absolute atomic E-state index is 12.5. The number of nitrogens with zero attached hydrogens (tertiary/aromatic N) is 3. The summed E-state index contributed by atoms with van der Waals surface area (Å²) in [5, 5.41) is 0. The van der Waals surface area contributed by atoms with Gasteiger partial charge in [0.15, 0.2) is 0 Å². The molecule has 1 heterocycles. The number of anilines is 2. The normalized spacial score (nSPS) is 11.0. The molecule has 1 aromatic carbocycles. The van der Waals surface area contributed by atoms with Crippen LogP contribution in [-0.4, -0.2) is 32.5 Å². The van der Waals surface area contributed by atoms with Crippen LogP contribution < -0.4 is 20.3 Å². The second-order valence-corrected chi connectivity index (χ2v) is 6.03. The molecule has 0 fully saturated rings. The molecular weight excluding hydrogens is 294 g/mol. The van der Waals surface area contributed by atoms with Gasteiger partial charge in [0, 0.05) is 13.1 Å². The third-order valence-corrected chi connectivity index (χ3v) is 4.57. The van der Waals surface area contributed by atoms with E-state index < -0.39 is 10.0 Å². The smallest absolute Gasteiger partial charge is 0.267 e. The standard InChI is InChI=1S/C12H15N5O3S/c1-17(9-4-3-5-10(6-9)20-2)21(18,19)11-7-14-12(16-13)15-8-11/h3-8H,13H2,1-2H3,(H,14,15,16). The number of benzene rings is 1. The van der Waals surface area contributed by atoms with E-state index in [-0.39, 0.29) is 10.8 Å². The molecule has 2 rings (SSSR count). The number of nitrogens with two attached hydrogens (primary N) is 1. The van der Waals surface area contributed by atoms with Crippen LogP contribution in [-0.2, 0) is 10.0 Å². The number of hydrogen-bond donors (Lipinski definition) is 2. The lowest BCUT2D eigenvalue weighted by molar-refractivity contribution is 0.415. The minimum Gasteiger partial charge on any atom is -0.497 e. The van der Waals surface area contributed by atoms with Crippen molar-refractivity contribution in [3.63, 3.8) is 0 Å². The Labute approximate surface area is 122 Å². The summed E-state index contributed by atoms with van der Waals surface area (Å²) in [5.41, 5.74) is 2.70. The highest BCUT2D eigenvalue weighted by atomic mass is 32.2. The molecule has 2 aromatic rings. The fourth-order valence-corrected chi connectivity index (χ4v) is 2.71. The SMILES string of the molecule is COc1cccc(N(C)S(=O)(=O)c2cnc(NN)nc2)c1. The molecule has 0 spiro atoms. The van der Waals surface area contributed by atoms with Crippen LogP contribution in [0, 0.1) is 0 Å². The number of methoxy groups -OCH3 is 1. The average Bonchev–Trinajstić information content (AvgIpc) is 2.54. The first kappa shape index (κ1) is 15.0. The summed E-state index contributed by atoms with van der Waals surface area (Å²) >= 11 is 0. The Balaban J connectivity index is 2.37. The van der Waals surface area contributed by atoms with Crippen LogP contribution in [0.3, 0.4) is 0 Å². The highest BCUT2D eigenvalue weighted by Crippen LogP contribution is 2.24. The van der Waals surface area contributed by atoms with Gasteiger partial charge in [0.25, 0.3) is 10.0 Å². The monoisotopic (exact) mass is 309 g/mol. The molecule has 0 aliphatic carbocycles. The topological polar surface area (TPSA) is 110 Å². The van der Waals surface area contributed by atoms with Gasteiger partial charge in [-0.15, -0.1) is 0 Å². The molecular formula is C12H15N5O3S. The quantitative estimate of drug-likeness (QED) is 0.614. The summed E-state index contributed by atoms with van der Waals surface area (Å²) in [5.74, 6) is 5.84. The van der Waals surface area contributed by atoms with E-state index >= 15 is 0 Å². The third-order valence-electron chi connectivity index (χ3n) is 2.83. The zero-order valence-electron chi connectivity index (χ0n) is 11.5. The molecule has 8 nitrogen and oxygen atoms in total. The maximum Gasteiger partial charge on any atom is 0.267 e. The first-order valence-corrected chi connectivity index (χ1v) is 7.34. The summed E-state index contributed by atoms with van der Waals surface area (Å²) in [6.45, 7) is 0. The second-order valence-electron chi connectivity index (χ2n) is 4.06.